The van der Waals surface area contributed by atoms with Crippen molar-refractivity contribution in [1.29, 1.82) is 0 Å². The molecular weight excluding hydrogens is 276 g/mol. The van der Waals surface area contributed by atoms with E-state index in [1.807, 2.05) is 43.3 Å². The SMILES string of the molecule is CNC(=O)C1CCN(c2cc(C)nc(-c3ccccc3)n2)C1. The molecule has 22 heavy (non-hydrogen) atoms. The molecule has 1 aromatic heterocycles. The van der Waals surface area contributed by atoms with E-state index in [0.29, 0.717) is 6.54 Å². The van der Waals surface area contributed by atoms with Crippen LogP contribution in [0.15, 0.2) is 36.4 Å². The minimum absolute atomic E-state index is 0.0421. The van der Waals surface area contributed by atoms with Crippen LogP contribution in [0.3, 0.4) is 0 Å². The van der Waals surface area contributed by atoms with Gasteiger partial charge in [0.1, 0.15) is 5.82 Å². The molecule has 1 unspecified atom stereocenters. The van der Waals surface area contributed by atoms with E-state index in [4.69, 9.17) is 0 Å². The van der Waals surface area contributed by atoms with E-state index in [1.54, 1.807) is 7.05 Å². The van der Waals surface area contributed by atoms with Crippen LogP contribution in [0.4, 0.5) is 5.82 Å². The summed E-state index contributed by atoms with van der Waals surface area (Å²) in [5, 5.41) is 2.73. The molecule has 1 amide bonds. The lowest BCUT2D eigenvalue weighted by atomic mass is 10.1. The molecule has 114 valence electrons. The zero-order valence-electron chi connectivity index (χ0n) is 12.9. The second kappa shape index (κ2) is 6.13. The number of rotatable bonds is 3. The van der Waals surface area contributed by atoms with Gasteiger partial charge in [0, 0.05) is 37.5 Å². The summed E-state index contributed by atoms with van der Waals surface area (Å²) >= 11 is 0. The molecule has 0 aliphatic carbocycles. The number of nitrogens with one attached hydrogen (secondary N) is 1. The third kappa shape index (κ3) is 2.93. The third-order valence-corrected chi connectivity index (χ3v) is 4.00. The first-order chi connectivity index (χ1) is 10.7. The first-order valence-electron chi connectivity index (χ1n) is 7.55. The molecule has 1 aliphatic rings. The van der Waals surface area contributed by atoms with Gasteiger partial charge in [0.15, 0.2) is 5.82 Å². The Kier molecular flexibility index (Phi) is 4.04. The normalized spacial score (nSPS) is 17.5. The van der Waals surface area contributed by atoms with Gasteiger partial charge < -0.3 is 10.2 Å². The van der Waals surface area contributed by atoms with E-state index in [1.165, 1.54) is 0 Å². The highest BCUT2D eigenvalue weighted by atomic mass is 16.1. The molecule has 0 spiro atoms. The largest absolute Gasteiger partial charge is 0.359 e. The highest BCUT2D eigenvalue weighted by Gasteiger charge is 2.28. The number of benzene rings is 1. The van der Waals surface area contributed by atoms with Crippen molar-refractivity contribution in [2.24, 2.45) is 5.92 Å². The van der Waals surface area contributed by atoms with E-state index in [2.05, 4.69) is 20.2 Å². The molecule has 1 saturated heterocycles. The van der Waals surface area contributed by atoms with E-state index < -0.39 is 0 Å². The quantitative estimate of drug-likeness (QED) is 0.941. The number of aryl methyl sites for hydroxylation is 1. The minimum atomic E-state index is 0.0421. The van der Waals surface area contributed by atoms with E-state index in [0.717, 1.165) is 35.9 Å². The third-order valence-electron chi connectivity index (χ3n) is 4.00. The second-order valence-corrected chi connectivity index (χ2v) is 5.60. The average Bonchev–Trinajstić information content (AvgIpc) is 3.04. The van der Waals surface area contributed by atoms with Crippen LogP contribution in [-0.4, -0.2) is 36.0 Å². The molecular formula is C17H20N4O. The zero-order chi connectivity index (χ0) is 15.5. The Balaban J connectivity index is 1.86. The number of carbonyl (C=O) groups is 1. The van der Waals surface area contributed by atoms with E-state index in [9.17, 15) is 4.79 Å². The summed E-state index contributed by atoms with van der Waals surface area (Å²) in [5.41, 5.74) is 1.95. The summed E-state index contributed by atoms with van der Waals surface area (Å²) in [4.78, 5) is 23.2. The predicted octanol–water partition coefficient (Wildman–Crippen LogP) is 2.02. The zero-order valence-corrected chi connectivity index (χ0v) is 12.9. The molecule has 1 atom stereocenters. The van der Waals surface area contributed by atoms with Crippen molar-refractivity contribution in [3.63, 3.8) is 0 Å². The topological polar surface area (TPSA) is 58.1 Å². The number of aromatic nitrogens is 2. The van der Waals surface area contributed by atoms with E-state index in [-0.39, 0.29) is 11.8 Å². The summed E-state index contributed by atoms with van der Waals surface area (Å²) in [6.07, 6.45) is 0.864. The van der Waals surface area contributed by atoms with Crippen molar-refractivity contribution in [1.82, 2.24) is 15.3 Å². The van der Waals surface area contributed by atoms with Gasteiger partial charge in [-0.3, -0.25) is 4.79 Å². The van der Waals surface area contributed by atoms with Crippen LogP contribution >= 0.6 is 0 Å². The lowest BCUT2D eigenvalue weighted by Crippen LogP contribution is -2.30. The van der Waals surface area contributed by atoms with Crippen LogP contribution in [0.1, 0.15) is 12.1 Å². The first-order valence-corrected chi connectivity index (χ1v) is 7.55. The van der Waals surface area contributed by atoms with Crippen molar-refractivity contribution < 1.29 is 4.79 Å². The highest BCUT2D eigenvalue weighted by molar-refractivity contribution is 5.79. The van der Waals surface area contributed by atoms with Gasteiger partial charge in [0.25, 0.3) is 0 Å². The Bertz CT molecular complexity index is 672. The van der Waals surface area contributed by atoms with Gasteiger partial charge >= 0.3 is 0 Å². The lowest BCUT2D eigenvalue weighted by molar-refractivity contribution is -0.123. The Morgan fingerprint density at radius 3 is 2.77 bits per heavy atom. The summed E-state index contributed by atoms with van der Waals surface area (Å²) in [5.74, 6) is 1.79. The molecule has 3 rings (SSSR count). The van der Waals surface area contributed by atoms with Gasteiger partial charge in [-0.05, 0) is 13.3 Å². The maximum absolute atomic E-state index is 11.8. The monoisotopic (exact) mass is 296 g/mol. The maximum Gasteiger partial charge on any atom is 0.224 e. The number of carbonyl (C=O) groups excluding carboxylic acids is 1. The second-order valence-electron chi connectivity index (χ2n) is 5.60. The standard InChI is InChI=1S/C17H20N4O/c1-12-10-15(21-9-8-14(11-21)17(22)18-2)20-16(19-12)13-6-4-3-5-7-13/h3-7,10,14H,8-9,11H2,1-2H3,(H,18,22). The highest BCUT2D eigenvalue weighted by Crippen LogP contribution is 2.25. The van der Waals surface area contributed by atoms with Crippen molar-refractivity contribution >= 4 is 11.7 Å². The van der Waals surface area contributed by atoms with Crippen molar-refractivity contribution in [3.05, 3.63) is 42.1 Å². The van der Waals surface area contributed by atoms with Crippen LogP contribution < -0.4 is 10.2 Å². The number of amides is 1. The van der Waals surface area contributed by atoms with Gasteiger partial charge in [-0.2, -0.15) is 0 Å². The molecule has 1 fully saturated rings. The van der Waals surface area contributed by atoms with Gasteiger partial charge in [-0.1, -0.05) is 30.3 Å². The van der Waals surface area contributed by atoms with Crippen molar-refractivity contribution in [2.75, 3.05) is 25.0 Å². The summed E-state index contributed by atoms with van der Waals surface area (Å²) < 4.78 is 0. The smallest absolute Gasteiger partial charge is 0.224 e. The fraction of sp³-hybridized carbons (Fsp3) is 0.353. The molecule has 2 heterocycles. The van der Waals surface area contributed by atoms with Crippen LogP contribution in [0.2, 0.25) is 0 Å². The fourth-order valence-electron chi connectivity index (χ4n) is 2.82. The predicted molar refractivity (Wildman–Crippen MR) is 86.6 cm³/mol. The summed E-state index contributed by atoms with van der Waals surface area (Å²) in [6.45, 7) is 3.54. The number of hydrogen-bond acceptors (Lipinski definition) is 4. The van der Waals surface area contributed by atoms with Gasteiger partial charge in [0.2, 0.25) is 5.91 Å². The molecule has 0 radical (unpaired) electrons. The molecule has 1 aromatic carbocycles. The van der Waals surface area contributed by atoms with Crippen LogP contribution in [0, 0.1) is 12.8 Å². The molecule has 0 bridgehead atoms. The van der Waals surface area contributed by atoms with Gasteiger partial charge in [-0.25, -0.2) is 9.97 Å². The average molecular weight is 296 g/mol. The summed E-state index contributed by atoms with van der Waals surface area (Å²) in [6, 6.07) is 12.0. The number of anilines is 1. The maximum atomic E-state index is 11.8. The van der Waals surface area contributed by atoms with Gasteiger partial charge in [0.05, 0.1) is 5.92 Å². The Hall–Kier alpha value is -2.43. The summed E-state index contributed by atoms with van der Waals surface area (Å²) in [7, 11) is 1.69. The molecule has 2 aromatic rings. The van der Waals surface area contributed by atoms with Crippen LogP contribution in [0.25, 0.3) is 11.4 Å². The molecule has 1 aliphatic heterocycles. The number of nitrogens with zero attached hydrogens (tertiary/aromatic N) is 3. The fourth-order valence-corrected chi connectivity index (χ4v) is 2.82. The molecule has 5 nitrogen and oxygen atoms in total. The lowest BCUT2D eigenvalue weighted by Gasteiger charge is -2.18. The van der Waals surface area contributed by atoms with Crippen molar-refractivity contribution in [2.45, 2.75) is 13.3 Å². The van der Waals surface area contributed by atoms with Crippen molar-refractivity contribution in [3.8, 4) is 11.4 Å². The molecule has 0 saturated carbocycles. The first kappa shape index (κ1) is 14.5. The Morgan fingerprint density at radius 1 is 1.27 bits per heavy atom. The van der Waals surface area contributed by atoms with Crippen LogP contribution in [0.5, 0.6) is 0 Å². The number of hydrogen-bond donors (Lipinski definition) is 1. The van der Waals surface area contributed by atoms with Crippen LogP contribution in [-0.2, 0) is 4.79 Å². The minimum Gasteiger partial charge on any atom is -0.359 e. The Morgan fingerprint density at radius 2 is 2.05 bits per heavy atom. The molecule has 1 N–H and O–H groups in total. The van der Waals surface area contributed by atoms with Gasteiger partial charge in [-0.15, -0.1) is 0 Å². The van der Waals surface area contributed by atoms with E-state index >= 15 is 0 Å². The Labute approximate surface area is 130 Å². The molecule has 5 heteroatoms.